The van der Waals surface area contributed by atoms with Gasteiger partial charge in [-0.3, -0.25) is 4.90 Å². The van der Waals surface area contributed by atoms with E-state index in [0.29, 0.717) is 12.0 Å². The molecule has 1 aromatic rings. The Bertz CT molecular complexity index is 420. The minimum atomic E-state index is 0.462. The fourth-order valence-corrected chi connectivity index (χ4v) is 4.02. The highest BCUT2D eigenvalue weighted by Gasteiger charge is 2.32. The molecule has 1 aromatic carbocycles. The van der Waals surface area contributed by atoms with Gasteiger partial charge < -0.3 is 5.32 Å². The first-order valence-electron chi connectivity index (χ1n) is 7.51. The zero-order valence-electron chi connectivity index (χ0n) is 12.3. The van der Waals surface area contributed by atoms with Crippen LogP contribution in [0, 0.1) is 5.92 Å². The lowest BCUT2D eigenvalue weighted by Gasteiger charge is -2.42. The van der Waals surface area contributed by atoms with Gasteiger partial charge in [-0.15, -0.1) is 0 Å². The largest absolute Gasteiger partial charge is 0.319 e. The molecule has 0 bridgehead atoms. The highest BCUT2D eigenvalue weighted by Crippen LogP contribution is 2.39. The Hall–Kier alpha value is -0.0900. The van der Waals surface area contributed by atoms with Crippen LogP contribution in [0.15, 0.2) is 22.7 Å². The van der Waals surface area contributed by atoms with E-state index in [-0.39, 0.29) is 0 Å². The zero-order chi connectivity index (χ0) is 14.5. The van der Waals surface area contributed by atoms with Crippen molar-refractivity contribution in [3.05, 3.63) is 33.3 Å². The zero-order valence-corrected chi connectivity index (χ0v) is 14.7. The molecule has 2 nitrogen and oxygen atoms in total. The molecule has 0 aromatic heterocycles. The van der Waals surface area contributed by atoms with Crippen molar-refractivity contribution in [3.63, 3.8) is 0 Å². The van der Waals surface area contributed by atoms with Crippen molar-refractivity contribution >= 4 is 27.5 Å². The van der Waals surface area contributed by atoms with E-state index in [0.717, 1.165) is 18.1 Å². The number of piperidine rings is 1. The molecule has 0 amide bonds. The molecule has 0 radical (unpaired) electrons. The summed E-state index contributed by atoms with van der Waals surface area (Å²) in [7, 11) is 2.04. The molecule has 0 aliphatic carbocycles. The fraction of sp³-hybridized carbons (Fsp3) is 0.625. The first-order chi connectivity index (χ1) is 9.67. The monoisotopic (exact) mass is 358 g/mol. The van der Waals surface area contributed by atoms with Gasteiger partial charge in [0.25, 0.3) is 0 Å². The highest BCUT2D eigenvalue weighted by molar-refractivity contribution is 9.10. The van der Waals surface area contributed by atoms with E-state index in [1.807, 2.05) is 13.1 Å². The Kier molecular flexibility index (Phi) is 6.34. The third kappa shape index (κ3) is 3.76. The van der Waals surface area contributed by atoms with Crippen molar-refractivity contribution in [3.8, 4) is 0 Å². The molecule has 2 unspecified atom stereocenters. The average Bonchev–Trinajstić information content (AvgIpc) is 2.43. The second kappa shape index (κ2) is 7.79. The van der Waals surface area contributed by atoms with Gasteiger partial charge >= 0.3 is 0 Å². The van der Waals surface area contributed by atoms with Gasteiger partial charge in [-0.1, -0.05) is 34.5 Å². The number of rotatable bonds is 5. The molecule has 20 heavy (non-hydrogen) atoms. The van der Waals surface area contributed by atoms with E-state index >= 15 is 0 Å². The van der Waals surface area contributed by atoms with Crippen molar-refractivity contribution in [2.75, 3.05) is 26.7 Å². The van der Waals surface area contributed by atoms with E-state index in [9.17, 15) is 0 Å². The molecule has 1 saturated heterocycles. The first kappa shape index (κ1) is 16.3. The Morgan fingerprint density at radius 1 is 1.45 bits per heavy atom. The van der Waals surface area contributed by atoms with Crippen LogP contribution in [-0.2, 0) is 0 Å². The maximum absolute atomic E-state index is 6.23. The minimum absolute atomic E-state index is 0.462. The van der Waals surface area contributed by atoms with E-state index in [2.05, 4.69) is 45.2 Å². The summed E-state index contributed by atoms with van der Waals surface area (Å²) in [5, 5.41) is 4.19. The topological polar surface area (TPSA) is 15.3 Å². The Labute approximate surface area is 136 Å². The van der Waals surface area contributed by atoms with Crippen LogP contribution in [0.3, 0.4) is 0 Å². The summed E-state index contributed by atoms with van der Waals surface area (Å²) in [6, 6.07) is 6.62. The van der Waals surface area contributed by atoms with Crippen LogP contribution in [0.25, 0.3) is 0 Å². The molecule has 1 aliphatic rings. The summed E-state index contributed by atoms with van der Waals surface area (Å²) in [6.45, 7) is 5.66. The van der Waals surface area contributed by atoms with E-state index in [1.54, 1.807) is 0 Å². The number of hydrogen-bond donors (Lipinski definition) is 1. The molecule has 0 saturated carbocycles. The van der Waals surface area contributed by atoms with Crippen LogP contribution in [0.5, 0.6) is 0 Å². The predicted octanol–water partition coefficient (Wildman–Crippen LogP) is 4.49. The SMILES string of the molecule is CCCN1CCCC(CNC)C1c1cc(Cl)ccc1Br. The molecule has 0 spiro atoms. The van der Waals surface area contributed by atoms with Gasteiger partial charge in [-0.25, -0.2) is 0 Å². The minimum Gasteiger partial charge on any atom is -0.319 e. The summed E-state index contributed by atoms with van der Waals surface area (Å²) in [5.41, 5.74) is 1.34. The second-order valence-corrected chi connectivity index (χ2v) is 6.90. The lowest BCUT2D eigenvalue weighted by Crippen LogP contribution is -2.42. The van der Waals surface area contributed by atoms with Crippen LogP contribution in [-0.4, -0.2) is 31.6 Å². The third-order valence-electron chi connectivity index (χ3n) is 4.11. The number of nitrogens with zero attached hydrogens (tertiary/aromatic N) is 1. The Balaban J connectivity index is 2.34. The van der Waals surface area contributed by atoms with Gasteiger partial charge in [0.2, 0.25) is 0 Å². The van der Waals surface area contributed by atoms with Crippen molar-refractivity contribution in [2.45, 2.75) is 32.2 Å². The van der Waals surface area contributed by atoms with Gasteiger partial charge in [0.15, 0.2) is 0 Å². The molecule has 1 aliphatic heterocycles. The highest BCUT2D eigenvalue weighted by atomic mass is 79.9. The Morgan fingerprint density at radius 3 is 2.95 bits per heavy atom. The van der Waals surface area contributed by atoms with Gasteiger partial charge in [0.05, 0.1) is 0 Å². The molecule has 4 heteroatoms. The smallest absolute Gasteiger partial charge is 0.0410 e. The molecule has 1 heterocycles. The normalized spacial score (nSPS) is 24.0. The van der Waals surface area contributed by atoms with Gasteiger partial charge in [0.1, 0.15) is 0 Å². The van der Waals surface area contributed by atoms with Crippen LogP contribution >= 0.6 is 27.5 Å². The molecule has 112 valence electrons. The van der Waals surface area contributed by atoms with Crippen molar-refractivity contribution in [1.29, 1.82) is 0 Å². The van der Waals surface area contributed by atoms with E-state index in [1.165, 1.54) is 35.8 Å². The number of hydrogen-bond acceptors (Lipinski definition) is 2. The van der Waals surface area contributed by atoms with E-state index in [4.69, 9.17) is 11.6 Å². The number of benzene rings is 1. The molecule has 2 atom stereocenters. The summed E-state index contributed by atoms with van der Waals surface area (Å²) < 4.78 is 1.18. The van der Waals surface area contributed by atoms with Crippen LogP contribution < -0.4 is 5.32 Å². The predicted molar refractivity (Wildman–Crippen MR) is 90.4 cm³/mol. The van der Waals surface area contributed by atoms with Gasteiger partial charge in [-0.05, 0) is 75.6 Å². The van der Waals surface area contributed by atoms with Crippen molar-refractivity contribution < 1.29 is 0 Å². The third-order valence-corrected chi connectivity index (χ3v) is 5.07. The lowest BCUT2D eigenvalue weighted by molar-refractivity contribution is 0.0919. The number of likely N-dealkylation sites (tertiary alicyclic amines) is 1. The van der Waals surface area contributed by atoms with Gasteiger partial charge in [-0.2, -0.15) is 0 Å². The van der Waals surface area contributed by atoms with Crippen molar-refractivity contribution in [1.82, 2.24) is 10.2 Å². The standard InChI is InChI=1S/C16H24BrClN2/c1-3-8-20-9-4-5-12(11-19-2)16(20)14-10-13(18)6-7-15(14)17/h6-7,10,12,16,19H,3-5,8-9,11H2,1-2H3. The van der Waals surface area contributed by atoms with Crippen LogP contribution in [0.1, 0.15) is 37.8 Å². The number of nitrogens with one attached hydrogen (secondary N) is 1. The summed E-state index contributed by atoms with van der Waals surface area (Å²) in [6.07, 6.45) is 3.77. The molecule has 2 rings (SSSR count). The molecule has 1 fully saturated rings. The maximum Gasteiger partial charge on any atom is 0.0410 e. The summed E-state index contributed by atoms with van der Waals surface area (Å²) in [4.78, 5) is 2.63. The lowest BCUT2D eigenvalue weighted by atomic mass is 9.84. The van der Waals surface area contributed by atoms with E-state index < -0.39 is 0 Å². The van der Waals surface area contributed by atoms with Crippen LogP contribution in [0.4, 0.5) is 0 Å². The Morgan fingerprint density at radius 2 is 2.25 bits per heavy atom. The fourth-order valence-electron chi connectivity index (χ4n) is 3.36. The molecule has 1 N–H and O–H groups in total. The van der Waals surface area contributed by atoms with Gasteiger partial charge in [0, 0.05) is 15.5 Å². The van der Waals surface area contributed by atoms with Crippen molar-refractivity contribution in [2.24, 2.45) is 5.92 Å². The first-order valence-corrected chi connectivity index (χ1v) is 8.68. The maximum atomic E-state index is 6.23. The number of halogens is 2. The summed E-state index contributed by atoms with van der Waals surface area (Å²) in [5.74, 6) is 0.648. The molecular formula is C16H24BrClN2. The molecular weight excluding hydrogens is 336 g/mol. The second-order valence-electron chi connectivity index (χ2n) is 5.61. The average molecular weight is 360 g/mol. The summed E-state index contributed by atoms with van der Waals surface area (Å²) >= 11 is 9.95. The quantitative estimate of drug-likeness (QED) is 0.833. The van der Waals surface area contributed by atoms with Crippen LogP contribution in [0.2, 0.25) is 5.02 Å².